The van der Waals surface area contributed by atoms with Gasteiger partial charge in [-0.25, -0.2) is 0 Å². The molecule has 2 aromatic carbocycles. The normalized spacial score (nSPS) is 16.6. The molecular formula is C19H18BrN3O2S. The number of allylic oxidation sites excluding steroid dienone is 1. The first-order valence-electron chi connectivity index (χ1n) is 7.97. The van der Waals surface area contributed by atoms with E-state index in [-0.39, 0.29) is 11.9 Å². The molecule has 1 amide bonds. The molecule has 26 heavy (non-hydrogen) atoms. The van der Waals surface area contributed by atoms with E-state index in [4.69, 9.17) is 17.0 Å². The Morgan fingerprint density at radius 2 is 1.81 bits per heavy atom. The molecule has 3 rings (SSSR count). The third-order valence-corrected chi connectivity index (χ3v) is 4.81. The van der Waals surface area contributed by atoms with E-state index in [2.05, 4.69) is 31.9 Å². The van der Waals surface area contributed by atoms with E-state index in [0.29, 0.717) is 10.7 Å². The van der Waals surface area contributed by atoms with Crippen LogP contribution in [0.2, 0.25) is 0 Å². The summed E-state index contributed by atoms with van der Waals surface area (Å²) >= 11 is 8.66. The molecule has 0 saturated heterocycles. The predicted octanol–water partition coefficient (Wildman–Crippen LogP) is 3.89. The highest BCUT2D eigenvalue weighted by Crippen LogP contribution is 2.29. The number of halogens is 1. The maximum absolute atomic E-state index is 12.9. The molecule has 0 fully saturated rings. The Morgan fingerprint density at radius 1 is 1.15 bits per heavy atom. The molecule has 0 saturated carbocycles. The van der Waals surface area contributed by atoms with Gasteiger partial charge in [0.15, 0.2) is 5.11 Å². The van der Waals surface area contributed by atoms with Crippen LogP contribution in [-0.2, 0) is 4.79 Å². The molecule has 134 valence electrons. The van der Waals surface area contributed by atoms with Gasteiger partial charge in [-0.15, -0.1) is 0 Å². The third kappa shape index (κ3) is 4.05. The van der Waals surface area contributed by atoms with Crippen molar-refractivity contribution < 1.29 is 9.53 Å². The van der Waals surface area contributed by atoms with Gasteiger partial charge in [0.2, 0.25) is 0 Å². The average molecular weight is 432 g/mol. The molecule has 1 unspecified atom stereocenters. The summed E-state index contributed by atoms with van der Waals surface area (Å²) in [6.45, 7) is 1.85. The third-order valence-electron chi connectivity index (χ3n) is 4.06. The zero-order chi connectivity index (χ0) is 18.7. The minimum atomic E-state index is -0.342. The second-order valence-corrected chi connectivity index (χ2v) is 7.13. The lowest BCUT2D eigenvalue weighted by atomic mass is 9.95. The molecule has 0 radical (unpaired) electrons. The number of hydrogen-bond acceptors (Lipinski definition) is 3. The number of rotatable bonds is 4. The van der Waals surface area contributed by atoms with Gasteiger partial charge in [-0.05, 0) is 61.1 Å². The lowest BCUT2D eigenvalue weighted by molar-refractivity contribution is -0.113. The van der Waals surface area contributed by atoms with Crippen molar-refractivity contribution in [3.8, 4) is 5.75 Å². The Labute approximate surface area is 165 Å². The average Bonchev–Trinajstić information content (AvgIpc) is 2.63. The fourth-order valence-corrected chi connectivity index (χ4v) is 3.31. The first-order valence-corrected chi connectivity index (χ1v) is 9.17. The molecule has 7 heteroatoms. The van der Waals surface area contributed by atoms with Crippen molar-refractivity contribution in [3.63, 3.8) is 0 Å². The topological polar surface area (TPSA) is 62.4 Å². The molecule has 0 spiro atoms. The molecule has 1 aliphatic heterocycles. The molecule has 0 aromatic heterocycles. The molecule has 2 aromatic rings. The molecular weight excluding hydrogens is 414 g/mol. The summed E-state index contributed by atoms with van der Waals surface area (Å²) < 4.78 is 6.16. The second kappa shape index (κ2) is 7.88. The quantitative estimate of drug-likeness (QED) is 0.640. The number of thiocarbonyl (C=S) groups is 1. The van der Waals surface area contributed by atoms with Crippen LogP contribution in [0.15, 0.2) is 64.3 Å². The number of hydrogen-bond donors (Lipinski definition) is 3. The van der Waals surface area contributed by atoms with Crippen molar-refractivity contribution in [3.05, 3.63) is 69.8 Å². The summed E-state index contributed by atoms with van der Waals surface area (Å²) in [7, 11) is 1.62. The van der Waals surface area contributed by atoms with Crippen molar-refractivity contribution in [2.75, 3.05) is 12.4 Å². The smallest absolute Gasteiger partial charge is 0.255 e. The highest BCUT2D eigenvalue weighted by Gasteiger charge is 2.29. The van der Waals surface area contributed by atoms with E-state index < -0.39 is 0 Å². The minimum Gasteiger partial charge on any atom is -0.497 e. The van der Waals surface area contributed by atoms with Crippen molar-refractivity contribution in [1.82, 2.24) is 10.6 Å². The largest absolute Gasteiger partial charge is 0.497 e. The SMILES string of the molecule is COc1ccc(C2NC(=S)NC(C)=C2C(=O)Nc2ccc(Br)cc2)cc1. The van der Waals surface area contributed by atoms with Crippen molar-refractivity contribution >= 4 is 44.9 Å². The number of ether oxygens (including phenoxy) is 1. The van der Waals surface area contributed by atoms with E-state index in [1.54, 1.807) is 7.11 Å². The number of benzene rings is 2. The number of amides is 1. The highest BCUT2D eigenvalue weighted by molar-refractivity contribution is 9.10. The van der Waals surface area contributed by atoms with Gasteiger partial charge in [-0.3, -0.25) is 4.79 Å². The summed E-state index contributed by atoms with van der Waals surface area (Å²) in [6.07, 6.45) is 0. The molecule has 1 aliphatic rings. The fourth-order valence-electron chi connectivity index (χ4n) is 2.77. The lowest BCUT2D eigenvalue weighted by Gasteiger charge is -2.30. The van der Waals surface area contributed by atoms with E-state index in [1.807, 2.05) is 55.5 Å². The Hall–Kier alpha value is -2.38. The first kappa shape index (κ1) is 18.4. The van der Waals surface area contributed by atoms with Crippen LogP contribution in [0, 0.1) is 0 Å². The molecule has 0 aliphatic carbocycles. The van der Waals surface area contributed by atoms with Crippen LogP contribution in [0.1, 0.15) is 18.5 Å². The molecule has 3 N–H and O–H groups in total. The van der Waals surface area contributed by atoms with E-state index in [9.17, 15) is 4.79 Å². The van der Waals surface area contributed by atoms with Gasteiger partial charge in [0.1, 0.15) is 5.75 Å². The van der Waals surface area contributed by atoms with Crippen LogP contribution in [0.3, 0.4) is 0 Å². The van der Waals surface area contributed by atoms with Gasteiger partial charge < -0.3 is 20.7 Å². The Bertz CT molecular complexity index is 863. The maximum Gasteiger partial charge on any atom is 0.255 e. The maximum atomic E-state index is 12.9. The van der Waals surface area contributed by atoms with E-state index >= 15 is 0 Å². The van der Waals surface area contributed by atoms with Gasteiger partial charge in [-0.2, -0.15) is 0 Å². The van der Waals surface area contributed by atoms with Gasteiger partial charge in [0, 0.05) is 15.9 Å². The summed E-state index contributed by atoms with van der Waals surface area (Å²) in [5.41, 5.74) is 2.96. The molecule has 1 heterocycles. The summed E-state index contributed by atoms with van der Waals surface area (Å²) in [5, 5.41) is 9.64. The predicted molar refractivity (Wildman–Crippen MR) is 110 cm³/mol. The number of nitrogens with one attached hydrogen (secondary N) is 3. The summed E-state index contributed by atoms with van der Waals surface area (Å²) in [5.74, 6) is 0.569. The Morgan fingerprint density at radius 3 is 2.42 bits per heavy atom. The van der Waals surface area contributed by atoms with Crippen molar-refractivity contribution in [2.24, 2.45) is 0 Å². The van der Waals surface area contributed by atoms with Crippen molar-refractivity contribution in [2.45, 2.75) is 13.0 Å². The number of methoxy groups -OCH3 is 1. The highest BCUT2D eigenvalue weighted by atomic mass is 79.9. The summed E-state index contributed by atoms with van der Waals surface area (Å²) in [6, 6.07) is 14.7. The zero-order valence-corrected chi connectivity index (χ0v) is 16.7. The van der Waals surface area contributed by atoms with E-state index in [0.717, 1.165) is 27.2 Å². The molecule has 0 bridgehead atoms. The Kier molecular flexibility index (Phi) is 5.58. The molecule has 1 atom stereocenters. The summed E-state index contributed by atoms with van der Waals surface area (Å²) in [4.78, 5) is 12.9. The second-order valence-electron chi connectivity index (χ2n) is 5.80. The standard InChI is InChI=1S/C19H18BrN3O2S/c1-11-16(18(24)22-14-7-5-13(20)6-8-14)17(23-19(26)21-11)12-3-9-15(25-2)10-4-12/h3-10,17H,1-2H3,(H,22,24)(H2,21,23,26). The van der Waals surface area contributed by atoms with Gasteiger partial charge in [-0.1, -0.05) is 28.1 Å². The number of carbonyl (C=O) groups is 1. The van der Waals surface area contributed by atoms with Crippen LogP contribution >= 0.6 is 28.1 Å². The monoisotopic (exact) mass is 431 g/mol. The molecule has 5 nitrogen and oxygen atoms in total. The van der Waals surface area contributed by atoms with Crippen molar-refractivity contribution in [1.29, 1.82) is 0 Å². The van der Waals surface area contributed by atoms with Crippen LogP contribution in [0.25, 0.3) is 0 Å². The van der Waals surface area contributed by atoms with E-state index in [1.165, 1.54) is 0 Å². The van der Waals surface area contributed by atoms with Crippen LogP contribution in [0.4, 0.5) is 5.69 Å². The van der Waals surface area contributed by atoms with Crippen LogP contribution in [-0.4, -0.2) is 18.1 Å². The first-order chi connectivity index (χ1) is 12.5. The van der Waals surface area contributed by atoms with Gasteiger partial charge in [0.25, 0.3) is 5.91 Å². The number of carbonyl (C=O) groups excluding carboxylic acids is 1. The van der Waals surface area contributed by atoms with Crippen LogP contribution in [0.5, 0.6) is 5.75 Å². The van der Waals surface area contributed by atoms with Crippen LogP contribution < -0.4 is 20.7 Å². The van der Waals surface area contributed by atoms with Gasteiger partial charge in [0.05, 0.1) is 18.7 Å². The number of anilines is 1. The lowest BCUT2D eigenvalue weighted by Crippen LogP contribution is -2.45. The van der Waals surface area contributed by atoms with Gasteiger partial charge >= 0.3 is 0 Å². The minimum absolute atomic E-state index is 0.187. The zero-order valence-electron chi connectivity index (χ0n) is 14.3. The fraction of sp³-hybridized carbons (Fsp3) is 0.158. The Balaban J connectivity index is 1.91.